The molecule has 0 amide bonds. The Morgan fingerprint density at radius 3 is 2.27 bits per heavy atom. The van der Waals surface area contributed by atoms with Gasteiger partial charge < -0.3 is 14.9 Å². The monoisotopic (exact) mass is 162 g/mol. The molecule has 2 N–H and O–H groups in total. The summed E-state index contributed by atoms with van der Waals surface area (Å²) in [5, 5.41) is 16.6. The molecule has 0 aromatic rings. The van der Waals surface area contributed by atoms with Crippen molar-refractivity contribution in [2.45, 2.75) is 19.4 Å². The lowest BCUT2D eigenvalue weighted by molar-refractivity contribution is -0.156. The molecule has 0 fully saturated rings. The molecule has 0 aromatic heterocycles. The summed E-state index contributed by atoms with van der Waals surface area (Å²) in [7, 11) is 0. The van der Waals surface area contributed by atoms with Gasteiger partial charge in [0.05, 0.1) is 6.42 Å². The summed E-state index contributed by atoms with van der Waals surface area (Å²) in [5.41, 5.74) is 0. The second-order valence-corrected chi connectivity index (χ2v) is 1.88. The second kappa shape index (κ2) is 4.68. The Morgan fingerprint density at radius 1 is 1.45 bits per heavy atom. The molecule has 0 aliphatic heterocycles. The van der Waals surface area contributed by atoms with Crippen LogP contribution in [0.2, 0.25) is 0 Å². The van der Waals surface area contributed by atoms with E-state index in [0.29, 0.717) is 0 Å². The molecule has 0 aliphatic carbocycles. The number of ether oxygens (including phenoxy) is 1. The van der Waals surface area contributed by atoms with Gasteiger partial charge in [-0.15, -0.1) is 0 Å². The Labute approximate surface area is 63.6 Å². The van der Waals surface area contributed by atoms with Gasteiger partial charge in [-0.1, -0.05) is 0 Å². The van der Waals surface area contributed by atoms with E-state index in [9.17, 15) is 9.59 Å². The smallest absolute Gasteiger partial charge is 0.333 e. The van der Waals surface area contributed by atoms with Gasteiger partial charge in [-0.2, -0.15) is 0 Å². The number of hydrogen-bond acceptors (Lipinski definition) is 3. The average molecular weight is 162 g/mol. The van der Waals surface area contributed by atoms with Crippen molar-refractivity contribution in [2.75, 3.05) is 6.61 Å². The van der Waals surface area contributed by atoms with Crippen LogP contribution in [0.5, 0.6) is 0 Å². The molecule has 0 unspecified atom stereocenters. The van der Waals surface area contributed by atoms with E-state index in [-0.39, 0.29) is 6.61 Å². The minimum Gasteiger partial charge on any atom is -0.481 e. The number of rotatable bonds is 5. The zero-order valence-corrected chi connectivity index (χ0v) is 6.11. The van der Waals surface area contributed by atoms with Gasteiger partial charge in [0.1, 0.15) is 0 Å². The molecule has 5 heteroatoms. The van der Waals surface area contributed by atoms with Gasteiger partial charge >= 0.3 is 11.9 Å². The Balaban J connectivity index is 3.89. The van der Waals surface area contributed by atoms with Crippen LogP contribution in [0.1, 0.15) is 13.3 Å². The third kappa shape index (κ3) is 4.32. The Morgan fingerprint density at radius 2 is 2.00 bits per heavy atom. The molecule has 0 aliphatic rings. The van der Waals surface area contributed by atoms with Crippen LogP contribution in [-0.2, 0) is 14.3 Å². The number of carboxylic acid groups (broad SMARTS) is 2. The summed E-state index contributed by atoms with van der Waals surface area (Å²) in [4.78, 5) is 20.3. The van der Waals surface area contributed by atoms with Crippen molar-refractivity contribution in [3.05, 3.63) is 0 Å². The first-order chi connectivity index (χ1) is 5.07. The number of carboxylic acids is 2. The fourth-order valence-electron chi connectivity index (χ4n) is 0.577. The van der Waals surface area contributed by atoms with Gasteiger partial charge in [0.15, 0.2) is 6.10 Å². The summed E-state index contributed by atoms with van der Waals surface area (Å²) >= 11 is 0. The zero-order valence-electron chi connectivity index (χ0n) is 6.11. The highest BCUT2D eigenvalue weighted by atomic mass is 16.5. The largest absolute Gasteiger partial charge is 0.481 e. The fourth-order valence-corrected chi connectivity index (χ4v) is 0.577. The maximum atomic E-state index is 10.2. The van der Waals surface area contributed by atoms with Crippen LogP contribution in [0.15, 0.2) is 0 Å². The van der Waals surface area contributed by atoms with E-state index in [0.717, 1.165) is 0 Å². The lowest BCUT2D eigenvalue weighted by Crippen LogP contribution is -2.26. The molecule has 1 atom stereocenters. The third-order valence-corrected chi connectivity index (χ3v) is 1.00. The van der Waals surface area contributed by atoms with E-state index in [1.807, 2.05) is 0 Å². The summed E-state index contributed by atoms with van der Waals surface area (Å²) in [6.07, 6.45) is -1.72. The van der Waals surface area contributed by atoms with E-state index >= 15 is 0 Å². The first-order valence-electron chi connectivity index (χ1n) is 3.14. The molecule has 11 heavy (non-hydrogen) atoms. The predicted molar refractivity (Wildman–Crippen MR) is 35.3 cm³/mol. The van der Waals surface area contributed by atoms with Gasteiger partial charge in [0, 0.05) is 6.61 Å². The maximum Gasteiger partial charge on any atom is 0.333 e. The number of carbonyl (C=O) groups is 2. The van der Waals surface area contributed by atoms with E-state index in [2.05, 4.69) is 4.74 Å². The average Bonchev–Trinajstić information content (AvgIpc) is 1.86. The third-order valence-electron chi connectivity index (χ3n) is 1.00. The normalized spacial score (nSPS) is 12.5. The Kier molecular flexibility index (Phi) is 4.21. The summed E-state index contributed by atoms with van der Waals surface area (Å²) in [5.74, 6) is -2.42. The van der Waals surface area contributed by atoms with Gasteiger partial charge in [-0.25, -0.2) is 4.79 Å². The molecule has 0 spiro atoms. The topological polar surface area (TPSA) is 83.8 Å². The molecular formula is C6H10O5. The molecular weight excluding hydrogens is 152 g/mol. The molecule has 0 aromatic carbocycles. The standard InChI is InChI=1S/C6H10O5/c1-2-11-4(6(9)10)3-5(7)8/h4H,2-3H2,1H3,(H,7,8)(H,9,10)/t4-/m0/s1. The zero-order chi connectivity index (χ0) is 8.85. The maximum absolute atomic E-state index is 10.2. The van der Waals surface area contributed by atoms with Crippen LogP contribution in [0.3, 0.4) is 0 Å². The number of aliphatic carboxylic acids is 2. The van der Waals surface area contributed by atoms with Crippen molar-refractivity contribution in [1.82, 2.24) is 0 Å². The van der Waals surface area contributed by atoms with Crippen LogP contribution < -0.4 is 0 Å². The summed E-state index contributed by atoms with van der Waals surface area (Å²) < 4.78 is 4.63. The van der Waals surface area contributed by atoms with Gasteiger partial charge in [-0.3, -0.25) is 4.79 Å². The molecule has 5 nitrogen and oxygen atoms in total. The minimum absolute atomic E-state index is 0.199. The summed E-state index contributed by atoms with van der Waals surface area (Å²) in [6.45, 7) is 1.81. The first-order valence-corrected chi connectivity index (χ1v) is 3.14. The van der Waals surface area contributed by atoms with Crippen molar-refractivity contribution >= 4 is 11.9 Å². The van der Waals surface area contributed by atoms with Crippen molar-refractivity contribution in [1.29, 1.82) is 0 Å². The highest BCUT2D eigenvalue weighted by Crippen LogP contribution is 1.98. The van der Waals surface area contributed by atoms with Crippen LogP contribution in [0.25, 0.3) is 0 Å². The molecule has 0 rings (SSSR count). The van der Waals surface area contributed by atoms with Crippen molar-refractivity contribution < 1.29 is 24.5 Å². The van der Waals surface area contributed by atoms with Crippen LogP contribution in [0.4, 0.5) is 0 Å². The summed E-state index contributed by atoms with van der Waals surface area (Å²) in [6, 6.07) is 0. The van der Waals surface area contributed by atoms with Crippen molar-refractivity contribution in [3.8, 4) is 0 Å². The van der Waals surface area contributed by atoms with E-state index in [4.69, 9.17) is 10.2 Å². The van der Waals surface area contributed by atoms with E-state index in [1.54, 1.807) is 6.92 Å². The van der Waals surface area contributed by atoms with Gasteiger partial charge in [-0.05, 0) is 6.92 Å². The lowest BCUT2D eigenvalue weighted by Gasteiger charge is -2.08. The van der Waals surface area contributed by atoms with Gasteiger partial charge in [0.25, 0.3) is 0 Å². The van der Waals surface area contributed by atoms with Crippen molar-refractivity contribution in [3.63, 3.8) is 0 Å². The molecule has 0 radical (unpaired) electrons. The van der Waals surface area contributed by atoms with Crippen LogP contribution in [-0.4, -0.2) is 34.9 Å². The SMILES string of the molecule is CCO[C@@H](CC(=O)O)C(=O)O. The lowest BCUT2D eigenvalue weighted by atomic mass is 10.2. The fraction of sp³-hybridized carbons (Fsp3) is 0.667. The number of hydrogen-bond donors (Lipinski definition) is 2. The molecule has 0 saturated carbocycles. The Hall–Kier alpha value is -1.10. The van der Waals surface area contributed by atoms with E-state index in [1.165, 1.54) is 0 Å². The van der Waals surface area contributed by atoms with Crippen molar-refractivity contribution in [2.24, 2.45) is 0 Å². The highest BCUT2D eigenvalue weighted by Gasteiger charge is 2.20. The molecule has 0 saturated heterocycles. The van der Waals surface area contributed by atoms with Crippen LogP contribution >= 0.6 is 0 Å². The van der Waals surface area contributed by atoms with Gasteiger partial charge in [0.2, 0.25) is 0 Å². The van der Waals surface area contributed by atoms with E-state index < -0.39 is 24.5 Å². The highest BCUT2D eigenvalue weighted by molar-refractivity contribution is 5.79. The minimum atomic E-state index is -1.24. The molecule has 64 valence electrons. The first kappa shape index (κ1) is 9.90. The molecule has 0 heterocycles. The Bertz CT molecular complexity index is 153. The molecule has 0 bridgehead atoms. The predicted octanol–water partition coefficient (Wildman–Crippen LogP) is -0.0492. The van der Waals surface area contributed by atoms with Crippen LogP contribution in [0, 0.1) is 0 Å². The second-order valence-electron chi connectivity index (χ2n) is 1.88. The quantitative estimate of drug-likeness (QED) is 0.592.